The highest BCUT2D eigenvalue weighted by Crippen LogP contribution is 2.39. The Bertz CT molecular complexity index is 1600. The standard InChI is InChI=1S/C41H47N3O4/c1-2-23-44(37-13-6-7-14-37)28-38-25-39(34-17-15-31(29-45)16-18-34)48-40(47-38)35-21-19-33(20-22-35)36-12-8-11-32(24-36)27-43-41(46)42-26-30-9-4-3-5-10-30/h2-5,8-12,15-22,24,37-40,45H,1,6-7,13-14,23,25-29H2,(H2,42,43,46)/t38-,39+,40+/m1/s1. The lowest BCUT2D eigenvalue weighted by Gasteiger charge is -2.39. The first kappa shape index (κ1) is 33.6. The minimum atomic E-state index is -0.501. The molecule has 2 fully saturated rings. The number of hydrogen-bond acceptors (Lipinski definition) is 5. The number of rotatable bonds is 13. The Balaban J connectivity index is 1.13. The van der Waals surface area contributed by atoms with Gasteiger partial charge in [-0.1, -0.05) is 116 Å². The van der Waals surface area contributed by atoms with Crippen molar-refractivity contribution in [3.05, 3.63) is 144 Å². The van der Waals surface area contributed by atoms with E-state index in [-0.39, 0.29) is 24.8 Å². The SMILES string of the molecule is C=CCN(C[C@H]1C[C@@H](c2ccc(CO)cc2)O[C@@H](c2ccc(-c3cccc(CNC(=O)NCc4ccccc4)c3)cc2)O1)C1CCCC1. The number of nitrogens with one attached hydrogen (secondary N) is 2. The third-order valence-corrected chi connectivity index (χ3v) is 9.45. The molecule has 1 saturated heterocycles. The van der Waals surface area contributed by atoms with E-state index >= 15 is 0 Å². The topological polar surface area (TPSA) is 83.1 Å². The van der Waals surface area contributed by atoms with Crippen molar-refractivity contribution in [1.29, 1.82) is 0 Å². The van der Waals surface area contributed by atoms with E-state index in [4.69, 9.17) is 9.47 Å². The summed E-state index contributed by atoms with van der Waals surface area (Å²) >= 11 is 0. The summed E-state index contributed by atoms with van der Waals surface area (Å²) in [4.78, 5) is 14.9. The summed E-state index contributed by atoms with van der Waals surface area (Å²) < 4.78 is 13.3. The fraction of sp³-hybridized carbons (Fsp3) is 0.341. The molecule has 1 saturated carbocycles. The Kier molecular flexibility index (Phi) is 11.7. The van der Waals surface area contributed by atoms with E-state index in [0.717, 1.165) is 58.5 Å². The fourth-order valence-electron chi connectivity index (χ4n) is 6.82. The monoisotopic (exact) mass is 645 g/mol. The highest BCUT2D eigenvalue weighted by atomic mass is 16.7. The van der Waals surface area contributed by atoms with Crippen molar-refractivity contribution in [3.63, 3.8) is 0 Å². The van der Waals surface area contributed by atoms with Crippen molar-refractivity contribution in [1.82, 2.24) is 15.5 Å². The molecule has 48 heavy (non-hydrogen) atoms. The summed E-state index contributed by atoms with van der Waals surface area (Å²) in [5.74, 6) is 0. The predicted molar refractivity (Wildman–Crippen MR) is 190 cm³/mol. The summed E-state index contributed by atoms with van der Waals surface area (Å²) in [6.07, 6.45) is 7.17. The zero-order valence-corrected chi connectivity index (χ0v) is 27.6. The Morgan fingerprint density at radius 1 is 0.792 bits per heavy atom. The van der Waals surface area contributed by atoms with Crippen LogP contribution >= 0.6 is 0 Å². The number of nitrogens with zero attached hydrogens (tertiary/aromatic N) is 1. The van der Waals surface area contributed by atoms with E-state index < -0.39 is 6.29 Å². The number of ether oxygens (including phenoxy) is 2. The Morgan fingerprint density at radius 3 is 2.19 bits per heavy atom. The molecule has 250 valence electrons. The molecule has 2 aliphatic rings. The molecule has 6 rings (SSSR count). The second-order valence-corrected chi connectivity index (χ2v) is 12.9. The maximum atomic E-state index is 12.4. The van der Waals surface area contributed by atoms with Crippen LogP contribution in [0, 0.1) is 0 Å². The third kappa shape index (κ3) is 8.99. The minimum Gasteiger partial charge on any atom is -0.392 e. The number of hydrogen-bond donors (Lipinski definition) is 3. The number of aliphatic hydroxyl groups is 1. The number of urea groups is 1. The van der Waals surface area contributed by atoms with Gasteiger partial charge >= 0.3 is 6.03 Å². The minimum absolute atomic E-state index is 0.000527. The maximum Gasteiger partial charge on any atom is 0.315 e. The molecular weight excluding hydrogens is 598 g/mol. The van der Waals surface area contributed by atoms with Gasteiger partial charge < -0.3 is 25.2 Å². The maximum absolute atomic E-state index is 12.4. The molecule has 3 N–H and O–H groups in total. The van der Waals surface area contributed by atoms with Crippen molar-refractivity contribution in [2.24, 2.45) is 0 Å². The molecule has 1 aliphatic carbocycles. The van der Waals surface area contributed by atoms with Gasteiger partial charge in [0.25, 0.3) is 0 Å². The molecular formula is C41H47N3O4. The van der Waals surface area contributed by atoms with Crippen LogP contribution in [0.3, 0.4) is 0 Å². The zero-order valence-electron chi connectivity index (χ0n) is 27.6. The van der Waals surface area contributed by atoms with Gasteiger partial charge in [0, 0.05) is 44.2 Å². The molecule has 0 unspecified atom stereocenters. The quantitative estimate of drug-likeness (QED) is 0.129. The highest BCUT2D eigenvalue weighted by Gasteiger charge is 2.34. The van der Waals surface area contributed by atoms with Gasteiger partial charge in [-0.2, -0.15) is 0 Å². The lowest BCUT2D eigenvalue weighted by Crippen LogP contribution is -2.43. The van der Waals surface area contributed by atoms with Crippen LogP contribution in [0.25, 0.3) is 11.1 Å². The number of amides is 2. The van der Waals surface area contributed by atoms with Crippen LogP contribution in [0.15, 0.2) is 116 Å². The van der Waals surface area contributed by atoms with Crippen LogP contribution in [-0.4, -0.2) is 41.3 Å². The van der Waals surface area contributed by atoms with Crippen molar-refractivity contribution >= 4 is 6.03 Å². The fourth-order valence-corrected chi connectivity index (χ4v) is 6.82. The van der Waals surface area contributed by atoms with Gasteiger partial charge in [0.1, 0.15) is 0 Å². The molecule has 4 aromatic carbocycles. The van der Waals surface area contributed by atoms with Crippen LogP contribution < -0.4 is 10.6 Å². The van der Waals surface area contributed by atoms with E-state index in [9.17, 15) is 9.90 Å². The Morgan fingerprint density at radius 2 is 1.48 bits per heavy atom. The van der Waals surface area contributed by atoms with Gasteiger partial charge in [-0.05, 0) is 52.3 Å². The van der Waals surface area contributed by atoms with Crippen molar-refractivity contribution in [2.75, 3.05) is 13.1 Å². The van der Waals surface area contributed by atoms with Crippen LogP contribution in [0.4, 0.5) is 4.79 Å². The molecule has 0 aromatic heterocycles. The van der Waals surface area contributed by atoms with Gasteiger partial charge in [0.05, 0.1) is 18.8 Å². The van der Waals surface area contributed by atoms with Crippen molar-refractivity contribution in [3.8, 4) is 11.1 Å². The molecule has 1 aliphatic heterocycles. The van der Waals surface area contributed by atoms with E-state index in [1.165, 1.54) is 25.7 Å². The van der Waals surface area contributed by atoms with E-state index in [2.05, 4.69) is 70.6 Å². The summed E-state index contributed by atoms with van der Waals surface area (Å²) in [5.41, 5.74) is 7.20. The first-order chi connectivity index (χ1) is 23.6. The van der Waals surface area contributed by atoms with Crippen molar-refractivity contribution in [2.45, 2.75) is 76.3 Å². The predicted octanol–water partition coefficient (Wildman–Crippen LogP) is 7.82. The van der Waals surface area contributed by atoms with Crippen LogP contribution in [-0.2, 0) is 29.2 Å². The second kappa shape index (κ2) is 16.7. The normalized spacial score (nSPS) is 19.7. The molecule has 0 bridgehead atoms. The lowest BCUT2D eigenvalue weighted by atomic mass is 9.98. The van der Waals surface area contributed by atoms with E-state index in [1.54, 1.807) is 0 Å². The number of aliphatic hydroxyl groups excluding tert-OH is 1. The summed E-state index contributed by atoms with van der Waals surface area (Å²) in [6, 6.07) is 34.9. The molecule has 0 spiro atoms. The second-order valence-electron chi connectivity index (χ2n) is 12.9. The first-order valence-corrected chi connectivity index (χ1v) is 17.2. The van der Waals surface area contributed by atoms with Crippen LogP contribution in [0.5, 0.6) is 0 Å². The summed E-state index contributed by atoms with van der Waals surface area (Å²) in [5, 5.41) is 15.4. The molecule has 1 heterocycles. The first-order valence-electron chi connectivity index (χ1n) is 17.2. The van der Waals surface area contributed by atoms with Gasteiger partial charge in [0.2, 0.25) is 0 Å². The van der Waals surface area contributed by atoms with Crippen LogP contribution in [0.1, 0.15) is 72.3 Å². The number of carbonyl (C=O) groups excluding carboxylic acids is 1. The van der Waals surface area contributed by atoms with E-state index in [1.807, 2.05) is 60.7 Å². The average molecular weight is 646 g/mol. The van der Waals surface area contributed by atoms with Gasteiger partial charge in [-0.25, -0.2) is 4.79 Å². The van der Waals surface area contributed by atoms with Crippen LogP contribution in [0.2, 0.25) is 0 Å². The molecule has 7 nitrogen and oxygen atoms in total. The largest absolute Gasteiger partial charge is 0.392 e. The third-order valence-electron chi connectivity index (χ3n) is 9.45. The van der Waals surface area contributed by atoms with E-state index in [0.29, 0.717) is 19.1 Å². The zero-order chi connectivity index (χ0) is 33.1. The van der Waals surface area contributed by atoms with Gasteiger partial charge in [-0.15, -0.1) is 6.58 Å². The average Bonchev–Trinajstić information content (AvgIpc) is 3.69. The highest BCUT2D eigenvalue weighted by molar-refractivity contribution is 5.74. The molecule has 4 aromatic rings. The summed E-state index contributed by atoms with van der Waals surface area (Å²) in [7, 11) is 0. The van der Waals surface area contributed by atoms with Gasteiger partial charge in [-0.3, -0.25) is 4.90 Å². The number of benzene rings is 4. The smallest absolute Gasteiger partial charge is 0.315 e. The Hall–Kier alpha value is -4.27. The summed E-state index contributed by atoms with van der Waals surface area (Å²) in [6.45, 7) is 6.66. The molecule has 7 heteroatoms. The molecule has 0 radical (unpaired) electrons. The van der Waals surface area contributed by atoms with Gasteiger partial charge in [0.15, 0.2) is 6.29 Å². The van der Waals surface area contributed by atoms with Crippen molar-refractivity contribution < 1.29 is 19.4 Å². The molecule has 2 amide bonds. The molecule has 3 atom stereocenters. The number of carbonyl (C=O) groups is 1. The Labute approximate surface area is 284 Å². The lowest BCUT2D eigenvalue weighted by molar-refractivity contribution is -0.253.